The number of hydrogen-bond acceptors (Lipinski definition) is 1. The van der Waals surface area contributed by atoms with Crippen LogP contribution in [0.5, 0.6) is 0 Å². The molecule has 0 fully saturated rings. The number of aryl methyl sites for hydroxylation is 1. The van der Waals surface area contributed by atoms with Crippen molar-refractivity contribution in [2.75, 3.05) is 0 Å². The molecular weight excluding hydrogens is 208 g/mol. The summed E-state index contributed by atoms with van der Waals surface area (Å²) in [6.45, 7) is 2.27. The third-order valence-electron chi connectivity index (χ3n) is 3.23. The molecule has 2 aromatic rings. The average Bonchev–Trinajstić information content (AvgIpc) is 2.59. The molecule has 0 bridgehead atoms. The van der Waals surface area contributed by atoms with Gasteiger partial charge in [-0.2, -0.15) is 0 Å². The number of imidazole rings is 1. The van der Waals surface area contributed by atoms with Gasteiger partial charge in [-0.3, -0.25) is 0 Å². The molecule has 1 unspecified atom stereocenters. The van der Waals surface area contributed by atoms with Crippen LogP contribution in [-0.2, 0) is 6.42 Å². The van der Waals surface area contributed by atoms with E-state index in [0.29, 0.717) is 5.92 Å². The molecule has 1 atom stereocenters. The second-order valence-corrected chi connectivity index (χ2v) is 4.69. The van der Waals surface area contributed by atoms with Crippen molar-refractivity contribution < 1.29 is 0 Å². The van der Waals surface area contributed by atoms with Crippen molar-refractivity contribution in [1.29, 1.82) is 0 Å². The Morgan fingerprint density at radius 1 is 1.53 bits per heavy atom. The van der Waals surface area contributed by atoms with Crippen LogP contribution < -0.4 is 0 Å². The van der Waals surface area contributed by atoms with Crippen molar-refractivity contribution >= 4 is 17.2 Å². The summed E-state index contributed by atoms with van der Waals surface area (Å²) < 4.78 is 2.15. The molecule has 0 spiro atoms. The van der Waals surface area contributed by atoms with Gasteiger partial charge in [0.1, 0.15) is 0 Å². The van der Waals surface area contributed by atoms with Gasteiger partial charge in [0.2, 0.25) is 0 Å². The van der Waals surface area contributed by atoms with Gasteiger partial charge in [-0.05, 0) is 37.3 Å². The molecule has 2 aromatic heterocycles. The van der Waals surface area contributed by atoms with E-state index in [-0.39, 0.29) is 0 Å². The van der Waals surface area contributed by atoms with Gasteiger partial charge in [0.05, 0.1) is 10.7 Å². The number of halogens is 1. The second kappa shape index (κ2) is 3.24. The number of pyridine rings is 1. The van der Waals surface area contributed by atoms with E-state index in [1.165, 1.54) is 24.2 Å². The van der Waals surface area contributed by atoms with Crippen LogP contribution in [0.25, 0.3) is 5.65 Å². The van der Waals surface area contributed by atoms with Crippen LogP contribution in [0, 0.1) is 0 Å². The maximum atomic E-state index is 6.14. The lowest BCUT2D eigenvalue weighted by Crippen LogP contribution is -2.08. The Balaban J connectivity index is 2.36. The Bertz CT molecular complexity index is 516. The molecule has 2 nitrogen and oxygen atoms in total. The predicted octanol–water partition coefficient (Wildman–Crippen LogP) is 3.43. The van der Waals surface area contributed by atoms with Crippen LogP contribution in [0.1, 0.15) is 37.1 Å². The zero-order valence-electron chi connectivity index (χ0n) is 8.70. The molecule has 0 N–H and O–H groups in total. The highest BCUT2D eigenvalue weighted by molar-refractivity contribution is 6.33. The third-order valence-corrected chi connectivity index (χ3v) is 3.53. The SMILES string of the molecule is CC1CCCc2nc3c(Cl)cccn3c21. The van der Waals surface area contributed by atoms with Crippen LogP contribution in [0.3, 0.4) is 0 Å². The van der Waals surface area contributed by atoms with E-state index in [0.717, 1.165) is 17.1 Å². The van der Waals surface area contributed by atoms with Gasteiger partial charge in [-0.25, -0.2) is 4.98 Å². The fourth-order valence-electron chi connectivity index (χ4n) is 2.52. The maximum Gasteiger partial charge on any atom is 0.156 e. The van der Waals surface area contributed by atoms with Crippen LogP contribution in [0.2, 0.25) is 5.02 Å². The minimum Gasteiger partial charge on any atom is -0.302 e. The molecule has 3 rings (SSSR count). The zero-order valence-corrected chi connectivity index (χ0v) is 9.46. The molecule has 0 saturated carbocycles. The molecule has 1 aliphatic carbocycles. The van der Waals surface area contributed by atoms with E-state index >= 15 is 0 Å². The first-order valence-corrected chi connectivity index (χ1v) is 5.80. The largest absolute Gasteiger partial charge is 0.302 e. The second-order valence-electron chi connectivity index (χ2n) is 4.29. The molecule has 1 aliphatic rings. The minimum atomic E-state index is 0.599. The van der Waals surface area contributed by atoms with Crippen molar-refractivity contribution in [1.82, 2.24) is 9.38 Å². The molecule has 78 valence electrons. The van der Waals surface area contributed by atoms with E-state index in [4.69, 9.17) is 11.6 Å². The van der Waals surface area contributed by atoms with E-state index < -0.39 is 0 Å². The molecule has 2 heterocycles. The van der Waals surface area contributed by atoms with Gasteiger partial charge >= 0.3 is 0 Å². The normalized spacial score (nSPS) is 20.5. The Morgan fingerprint density at radius 2 is 2.40 bits per heavy atom. The van der Waals surface area contributed by atoms with Crippen molar-refractivity contribution in [3.05, 3.63) is 34.7 Å². The summed E-state index contributed by atoms with van der Waals surface area (Å²) in [5, 5.41) is 0.749. The molecular formula is C12H13ClN2. The van der Waals surface area contributed by atoms with Crippen molar-refractivity contribution in [3.63, 3.8) is 0 Å². The summed E-state index contributed by atoms with van der Waals surface area (Å²) in [5.41, 5.74) is 3.51. The van der Waals surface area contributed by atoms with Crippen LogP contribution in [0.15, 0.2) is 18.3 Å². The fourth-order valence-corrected chi connectivity index (χ4v) is 2.72. The lowest BCUT2D eigenvalue weighted by molar-refractivity contribution is 0.568. The van der Waals surface area contributed by atoms with Gasteiger partial charge in [-0.1, -0.05) is 18.5 Å². The van der Waals surface area contributed by atoms with Gasteiger partial charge in [0.25, 0.3) is 0 Å². The minimum absolute atomic E-state index is 0.599. The predicted molar refractivity (Wildman–Crippen MR) is 61.6 cm³/mol. The molecule has 0 aliphatic heterocycles. The smallest absolute Gasteiger partial charge is 0.156 e. The van der Waals surface area contributed by atoms with E-state index in [1.54, 1.807) is 0 Å². The average molecular weight is 221 g/mol. The number of hydrogen-bond donors (Lipinski definition) is 0. The highest BCUT2D eigenvalue weighted by atomic mass is 35.5. The van der Waals surface area contributed by atoms with Crippen LogP contribution >= 0.6 is 11.6 Å². The Kier molecular flexibility index (Phi) is 1.99. The Labute approximate surface area is 93.9 Å². The first-order chi connectivity index (χ1) is 7.27. The lowest BCUT2D eigenvalue weighted by atomic mass is 9.91. The van der Waals surface area contributed by atoms with Crippen molar-refractivity contribution in [2.24, 2.45) is 0 Å². The van der Waals surface area contributed by atoms with E-state index in [2.05, 4.69) is 22.5 Å². The number of rotatable bonds is 0. The standard InChI is InChI=1S/C12H13ClN2/c1-8-4-2-6-10-11(8)15-7-3-5-9(13)12(15)14-10/h3,5,7-8H,2,4,6H2,1H3. The van der Waals surface area contributed by atoms with Gasteiger partial charge in [-0.15, -0.1) is 0 Å². The highest BCUT2D eigenvalue weighted by Crippen LogP contribution is 2.32. The van der Waals surface area contributed by atoms with Crippen molar-refractivity contribution in [2.45, 2.75) is 32.1 Å². The van der Waals surface area contributed by atoms with Gasteiger partial charge in [0, 0.05) is 11.9 Å². The molecule has 3 heteroatoms. The summed E-state index contributed by atoms with van der Waals surface area (Å²) in [7, 11) is 0. The Morgan fingerprint density at radius 3 is 3.27 bits per heavy atom. The first-order valence-electron chi connectivity index (χ1n) is 5.42. The first kappa shape index (κ1) is 9.22. The topological polar surface area (TPSA) is 17.3 Å². The lowest BCUT2D eigenvalue weighted by Gasteiger charge is -2.18. The number of fused-ring (bicyclic) bond motifs is 3. The maximum absolute atomic E-state index is 6.14. The summed E-state index contributed by atoms with van der Waals surface area (Å²) >= 11 is 6.14. The number of nitrogens with zero attached hydrogens (tertiary/aromatic N) is 2. The van der Waals surface area contributed by atoms with Crippen LogP contribution in [0.4, 0.5) is 0 Å². The fraction of sp³-hybridized carbons (Fsp3) is 0.417. The quantitative estimate of drug-likeness (QED) is 0.665. The van der Waals surface area contributed by atoms with Crippen LogP contribution in [-0.4, -0.2) is 9.38 Å². The van der Waals surface area contributed by atoms with Gasteiger partial charge in [0.15, 0.2) is 5.65 Å². The highest BCUT2D eigenvalue weighted by Gasteiger charge is 2.22. The van der Waals surface area contributed by atoms with Crippen molar-refractivity contribution in [3.8, 4) is 0 Å². The summed E-state index contributed by atoms with van der Waals surface area (Å²) in [6, 6.07) is 3.89. The van der Waals surface area contributed by atoms with E-state index in [1.807, 2.05) is 12.1 Å². The molecule has 0 amide bonds. The molecule has 0 radical (unpaired) electrons. The summed E-state index contributed by atoms with van der Waals surface area (Å²) in [4.78, 5) is 4.63. The summed E-state index contributed by atoms with van der Waals surface area (Å²) in [6.07, 6.45) is 5.66. The third kappa shape index (κ3) is 1.28. The van der Waals surface area contributed by atoms with E-state index in [9.17, 15) is 0 Å². The zero-order chi connectivity index (χ0) is 10.4. The monoisotopic (exact) mass is 220 g/mol. The molecule has 0 aromatic carbocycles. The molecule has 0 saturated heterocycles. The Hall–Kier alpha value is -1.02. The van der Waals surface area contributed by atoms with Gasteiger partial charge < -0.3 is 4.40 Å². The molecule has 15 heavy (non-hydrogen) atoms. The number of aromatic nitrogens is 2. The summed E-state index contributed by atoms with van der Waals surface area (Å²) in [5.74, 6) is 0.599.